The van der Waals surface area contributed by atoms with E-state index in [4.69, 9.17) is 15.3 Å². The van der Waals surface area contributed by atoms with Crippen LogP contribution in [0.2, 0.25) is 0 Å². The van der Waals surface area contributed by atoms with Crippen molar-refractivity contribution in [3.8, 4) is 5.75 Å². The fourth-order valence-corrected chi connectivity index (χ4v) is 2.41. The standard InChI is InChI=1S/C20H24N4O4/c1-14(25)22-16-9-10-18(27-2)17(12-16)23-20(26)13-28-24-19(21)11-8-15-6-4-3-5-7-15/h3-7,9-10,12H,8,11,13H2,1-2H3,(H2,21,24)(H,22,25)(H,23,26). The van der Waals surface area contributed by atoms with Crippen LogP contribution >= 0.6 is 0 Å². The monoisotopic (exact) mass is 384 g/mol. The lowest BCUT2D eigenvalue weighted by atomic mass is 10.1. The molecule has 2 aromatic carbocycles. The normalized spacial score (nSPS) is 10.9. The van der Waals surface area contributed by atoms with E-state index in [2.05, 4.69) is 15.8 Å². The van der Waals surface area contributed by atoms with Crippen LogP contribution in [0.15, 0.2) is 53.7 Å². The Morgan fingerprint density at radius 2 is 1.86 bits per heavy atom. The van der Waals surface area contributed by atoms with E-state index < -0.39 is 5.91 Å². The molecule has 0 unspecified atom stereocenters. The van der Waals surface area contributed by atoms with Crippen LogP contribution in [0, 0.1) is 0 Å². The summed E-state index contributed by atoms with van der Waals surface area (Å²) < 4.78 is 5.21. The molecule has 0 bridgehead atoms. The summed E-state index contributed by atoms with van der Waals surface area (Å²) in [7, 11) is 1.48. The number of nitrogens with zero attached hydrogens (tertiary/aromatic N) is 1. The number of nitrogens with two attached hydrogens (primary N) is 1. The Kier molecular flexibility index (Phi) is 7.83. The molecule has 0 fully saturated rings. The highest BCUT2D eigenvalue weighted by Gasteiger charge is 2.10. The zero-order valence-electron chi connectivity index (χ0n) is 15.9. The molecule has 0 aliphatic carbocycles. The molecule has 0 saturated carbocycles. The van der Waals surface area contributed by atoms with Crippen LogP contribution in [-0.2, 0) is 20.8 Å². The van der Waals surface area contributed by atoms with Gasteiger partial charge in [-0.2, -0.15) is 0 Å². The molecular formula is C20H24N4O4. The first-order chi connectivity index (χ1) is 13.5. The van der Waals surface area contributed by atoms with Crippen LogP contribution in [-0.4, -0.2) is 31.4 Å². The smallest absolute Gasteiger partial charge is 0.265 e. The van der Waals surface area contributed by atoms with E-state index in [-0.39, 0.29) is 12.5 Å². The minimum atomic E-state index is -0.433. The van der Waals surface area contributed by atoms with Crippen LogP contribution in [0.4, 0.5) is 11.4 Å². The maximum Gasteiger partial charge on any atom is 0.265 e. The van der Waals surface area contributed by atoms with E-state index in [1.807, 2.05) is 30.3 Å². The Balaban J connectivity index is 1.85. The molecule has 8 heteroatoms. The lowest BCUT2D eigenvalue weighted by molar-refractivity contribution is -0.120. The molecule has 2 rings (SSSR count). The molecule has 0 aliphatic rings. The summed E-state index contributed by atoms with van der Waals surface area (Å²) in [6.45, 7) is 1.09. The highest BCUT2D eigenvalue weighted by molar-refractivity contribution is 5.95. The van der Waals surface area contributed by atoms with Crippen molar-refractivity contribution in [2.45, 2.75) is 19.8 Å². The Bertz CT molecular complexity index is 837. The number of nitrogens with one attached hydrogen (secondary N) is 2. The third-order valence-electron chi connectivity index (χ3n) is 3.68. The van der Waals surface area contributed by atoms with Crippen molar-refractivity contribution in [3.05, 3.63) is 54.1 Å². The zero-order chi connectivity index (χ0) is 20.4. The number of amidine groups is 1. The maximum absolute atomic E-state index is 12.1. The van der Waals surface area contributed by atoms with Gasteiger partial charge in [-0.3, -0.25) is 9.59 Å². The minimum Gasteiger partial charge on any atom is -0.495 e. The largest absolute Gasteiger partial charge is 0.495 e. The van der Waals surface area contributed by atoms with Gasteiger partial charge in [0.1, 0.15) is 11.6 Å². The maximum atomic E-state index is 12.1. The van der Waals surface area contributed by atoms with Crippen LogP contribution in [0.1, 0.15) is 18.9 Å². The number of amides is 2. The average molecular weight is 384 g/mol. The number of anilines is 2. The zero-order valence-corrected chi connectivity index (χ0v) is 15.9. The van der Waals surface area contributed by atoms with Crippen molar-refractivity contribution < 1.29 is 19.2 Å². The molecule has 0 aliphatic heterocycles. The van der Waals surface area contributed by atoms with E-state index in [0.29, 0.717) is 29.4 Å². The second kappa shape index (κ2) is 10.6. The Hall–Kier alpha value is -3.55. The number of benzene rings is 2. The van der Waals surface area contributed by atoms with Gasteiger partial charge in [-0.05, 0) is 30.2 Å². The fraction of sp³-hybridized carbons (Fsp3) is 0.250. The van der Waals surface area contributed by atoms with Crippen LogP contribution in [0.25, 0.3) is 0 Å². The van der Waals surface area contributed by atoms with Crippen LogP contribution < -0.4 is 21.1 Å². The first kappa shape index (κ1) is 20.8. The quantitative estimate of drug-likeness (QED) is 0.349. The van der Waals surface area contributed by atoms with Gasteiger partial charge in [0.25, 0.3) is 5.91 Å². The molecular weight excluding hydrogens is 360 g/mol. The lowest BCUT2D eigenvalue weighted by Crippen LogP contribution is -2.19. The fourth-order valence-electron chi connectivity index (χ4n) is 2.41. The molecule has 2 aromatic rings. The minimum absolute atomic E-state index is 0.217. The van der Waals surface area contributed by atoms with E-state index in [9.17, 15) is 9.59 Å². The van der Waals surface area contributed by atoms with E-state index >= 15 is 0 Å². The molecule has 0 radical (unpaired) electrons. The highest BCUT2D eigenvalue weighted by atomic mass is 16.6. The second-order valence-corrected chi connectivity index (χ2v) is 5.99. The molecule has 148 valence electrons. The van der Waals surface area contributed by atoms with Gasteiger partial charge in [0.15, 0.2) is 6.61 Å². The predicted octanol–water partition coefficient (Wildman–Crippen LogP) is 2.51. The molecule has 2 amide bonds. The lowest BCUT2D eigenvalue weighted by Gasteiger charge is -2.12. The molecule has 0 heterocycles. The van der Waals surface area contributed by atoms with Crippen molar-refractivity contribution in [2.24, 2.45) is 10.9 Å². The number of hydrogen-bond donors (Lipinski definition) is 3. The number of aryl methyl sites for hydroxylation is 1. The van der Waals surface area contributed by atoms with Gasteiger partial charge in [-0.15, -0.1) is 0 Å². The van der Waals surface area contributed by atoms with Crippen molar-refractivity contribution in [1.82, 2.24) is 0 Å². The Labute approximate surface area is 163 Å². The number of rotatable bonds is 9. The summed E-state index contributed by atoms with van der Waals surface area (Å²) in [6.07, 6.45) is 1.26. The predicted molar refractivity (Wildman–Crippen MR) is 108 cm³/mol. The van der Waals surface area contributed by atoms with E-state index in [1.165, 1.54) is 14.0 Å². The molecule has 0 spiro atoms. The van der Waals surface area contributed by atoms with Crippen molar-refractivity contribution in [3.63, 3.8) is 0 Å². The third-order valence-corrected chi connectivity index (χ3v) is 3.68. The Morgan fingerprint density at radius 3 is 2.54 bits per heavy atom. The third kappa shape index (κ3) is 6.99. The van der Waals surface area contributed by atoms with Gasteiger partial charge in [0.2, 0.25) is 5.91 Å². The number of methoxy groups -OCH3 is 1. The summed E-state index contributed by atoms with van der Waals surface area (Å²) >= 11 is 0. The van der Waals surface area contributed by atoms with Crippen LogP contribution in [0.3, 0.4) is 0 Å². The summed E-state index contributed by atoms with van der Waals surface area (Å²) in [5.41, 5.74) is 7.89. The molecule has 28 heavy (non-hydrogen) atoms. The molecule has 4 N–H and O–H groups in total. The summed E-state index contributed by atoms with van der Waals surface area (Å²) in [5, 5.41) is 9.06. The summed E-state index contributed by atoms with van der Waals surface area (Å²) in [6, 6.07) is 14.8. The van der Waals surface area contributed by atoms with Gasteiger partial charge in [0, 0.05) is 19.0 Å². The van der Waals surface area contributed by atoms with Gasteiger partial charge < -0.3 is 25.9 Å². The first-order valence-corrected chi connectivity index (χ1v) is 8.71. The van der Waals surface area contributed by atoms with Gasteiger partial charge >= 0.3 is 0 Å². The number of hydrogen-bond acceptors (Lipinski definition) is 5. The highest BCUT2D eigenvalue weighted by Crippen LogP contribution is 2.27. The van der Waals surface area contributed by atoms with E-state index in [0.717, 1.165) is 12.0 Å². The van der Waals surface area contributed by atoms with Crippen molar-refractivity contribution in [1.29, 1.82) is 0 Å². The van der Waals surface area contributed by atoms with Gasteiger partial charge in [0.05, 0.1) is 12.8 Å². The number of carbonyl (C=O) groups is 2. The van der Waals surface area contributed by atoms with Crippen molar-refractivity contribution in [2.75, 3.05) is 24.4 Å². The Morgan fingerprint density at radius 1 is 1.11 bits per heavy atom. The second-order valence-electron chi connectivity index (χ2n) is 5.99. The van der Waals surface area contributed by atoms with E-state index in [1.54, 1.807) is 18.2 Å². The average Bonchev–Trinajstić information content (AvgIpc) is 2.67. The SMILES string of the molecule is COc1ccc(NC(C)=O)cc1NC(=O)CO/N=C(\N)CCc1ccccc1. The topological polar surface area (TPSA) is 115 Å². The molecule has 0 atom stereocenters. The first-order valence-electron chi connectivity index (χ1n) is 8.71. The van der Waals surface area contributed by atoms with Gasteiger partial charge in [-0.1, -0.05) is 35.5 Å². The molecule has 0 aromatic heterocycles. The number of ether oxygens (including phenoxy) is 1. The number of carbonyl (C=O) groups excluding carboxylic acids is 2. The van der Waals surface area contributed by atoms with Gasteiger partial charge in [-0.25, -0.2) is 0 Å². The number of oxime groups is 1. The van der Waals surface area contributed by atoms with Crippen molar-refractivity contribution >= 4 is 29.0 Å². The van der Waals surface area contributed by atoms with Crippen LogP contribution in [0.5, 0.6) is 5.75 Å². The summed E-state index contributed by atoms with van der Waals surface area (Å²) in [5.74, 6) is 0.110. The molecule has 8 nitrogen and oxygen atoms in total. The summed E-state index contributed by atoms with van der Waals surface area (Å²) in [4.78, 5) is 28.3. The molecule has 0 saturated heterocycles.